The first-order valence-corrected chi connectivity index (χ1v) is 13.4. The van der Waals surface area contributed by atoms with Crippen LogP contribution in [0.5, 0.6) is 0 Å². The van der Waals surface area contributed by atoms with E-state index >= 15 is 0 Å². The van der Waals surface area contributed by atoms with Crippen LogP contribution >= 0.6 is 11.8 Å². The number of rotatable bonds is 6. The van der Waals surface area contributed by atoms with E-state index in [0.717, 1.165) is 24.8 Å². The number of sulfonamides is 1. The molecule has 3 aliphatic rings. The third-order valence-electron chi connectivity index (χ3n) is 6.59. The molecule has 1 aromatic carbocycles. The number of benzene rings is 1. The first kappa shape index (κ1) is 22.4. The van der Waals surface area contributed by atoms with Crippen molar-refractivity contribution >= 4 is 32.8 Å². The predicted octanol–water partition coefficient (Wildman–Crippen LogP) is 0.874. The number of fused-ring (bicyclic) bond motifs is 1. The van der Waals surface area contributed by atoms with Gasteiger partial charge in [-0.1, -0.05) is 11.8 Å². The van der Waals surface area contributed by atoms with Gasteiger partial charge in [0.05, 0.1) is 21.3 Å². The van der Waals surface area contributed by atoms with Gasteiger partial charge in [0.25, 0.3) is 0 Å². The molecular formula is C20H31N7O3S2. The number of imidazole rings is 1. The Morgan fingerprint density at radius 2 is 1.97 bits per heavy atom. The minimum absolute atomic E-state index is 0.125. The van der Waals surface area contributed by atoms with Gasteiger partial charge >= 0.3 is 5.69 Å². The van der Waals surface area contributed by atoms with E-state index in [1.807, 2.05) is 20.9 Å². The second-order valence-corrected chi connectivity index (χ2v) is 12.6. The number of aromatic nitrogens is 2. The quantitative estimate of drug-likeness (QED) is 0.481. The van der Waals surface area contributed by atoms with Crippen molar-refractivity contribution in [1.82, 2.24) is 35.1 Å². The monoisotopic (exact) mass is 481 g/mol. The summed E-state index contributed by atoms with van der Waals surface area (Å²) < 4.78 is 32.3. The summed E-state index contributed by atoms with van der Waals surface area (Å²) in [6.45, 7) is 6.57. The third kappa shape index (κ3) is 4.02. The van der Waals surface area contributed by atoms with Crippen LogP contribution in [0.15, 0.2) is 27.9 Å². The van der Waals surface area contributed by atoms with Crippen molar-refractivity contribution in [2.45, 2.75) is 80.0 Å². The van der Waals surface area contributed by atoms with Crippen molar-refractivity contribution in [1.29, 1.82) is 0 Å². The molecule has 2 aromatic rings. The van der Waals surface area contributed by atoms with E-state index in [1.165, 1.54) is 0 Å². The summed E-state index contributed by atoms with van der Waals surface area (Å²) in [4.78, 5) is 13.8. The molecule has 1 aromatic heterocycles. The van der Waals surface area contributed by atoms with Gasteiger partial charge < -0.3 is 0 Å². The lowest BCUT2D eigenvalue weighted by Crippen LogP contribution is -2.40. The highest BCUT2D eigenvalue weighted by Gasteiger charge is 2.41. The molecule has 0 amide bonds. The van der Waals surface area contributed by atoms with Crippen molar-refractivity contribution in [3.05, 3.63) is 28.7 Å². The molecule has 0 spiro atoms. The van der Waals surface area contributed by atoms with Crippen LogP contribution in [0.4, 0.5) is 0 Å². The normalized spacial score (nSPS) is 30.4. The van der Waals surface area contributed by atoms with Gasteiger partial charge in [-0.15, -0.1) is 0 Å². The maximum atomic E-state index is 13.6. The van der Waals surface area contributed by atoms with E-state index in [-0.39, 0.29) is 33.0 Å². The van der Waals surface area contributed by atoms with Crippen molar-refractivity contribution in [3.8, 4) is 0 Å². The Morgan fingerprint density at radius 1 is 1.22 bits per heavy atom. The van der Waals surface area contributed by atoms with Crippen LogP contribution in [0, 0.1) is 0 Å². The summed E-state index contributed by atoms with van der Waals surface area (Å²) in [5.41, 5.74) is 10.2. The van der Waals surface area contributed by atoms with Gasteiger partial charge in [0, 0.05) is 31.2 Å². The summed E-state index contributed by atoms with van der Waals surface area (Å²) in [5, 5.41) is 2.19. The molecule has 0 bridgehead atoms. The summed E-state index contributed by atoms with van der Waals surface area (Å²) in [5.74, 6) is 0. The van der Waals surface area contributed by atoms with E-state index < -0.39 is 10.0 Å². The van der Waals surface area contributed by atoms with E-state index in [2.05, 4.69) is 32.9 Å². The van der Waals surface area contributed by atoms with Crippen LogP contribution in [0.1, 0.15) is 45.5 Å². The zero-order valence-corrected chi connectivity index (χ0v) is 20.4. The van der Waals surface area contributed by atoms with E-state index in [1.54, 1.807) is 39.1 Å². The topological polar surface area (TPSA) is 112 Å². The van der Waals surface area contributed by atoms with Gasteiger partial charge in [0.15, 0.2) is 5.50 Å². The molecule has 1 aliphatic carbocycles. The molecule has 5 rings (SSSR count). The fourth-order valence-corrected chi connectivity index (χ4v) is 7.03. The van der Waals surface area contributed by atoms with Crippen LogP contribution in [0.2, 0.25) is 0 Å². The van der Waals surface area contributed by atoms with Gasteiger partial charge in [0.2, 0.25) is 10.0 Å². The molecule has 4 unspecified atom stereocenters. The average Bonchev–Trinajstić information content (AvgIpc) is 3.01. The third-order valence-corrected chi connectivity index (χ3v) is 9.34. The summed E-state index contributed by atoms with van der Waals surface area (Å²) in [7, 11) is -1.68. The Hall–Kier alpha value is -1.41. The zero-order chi connectivity index (χ0) is 22.8. The molecule has 4 atom stereocenters. The molecule has 2 saturated heterocycles. The lowest BCUT2D eigenvalue weighted by atomic mass is 10.1. The Morgan fingerprint density at radius 3 is 2.56 bits per heavy atom. The van der Waals surface area contributed by atoms with Gasteiger partial charge in [-0.3, -0.25) is 14.6 Å². The lowest BCUT2D eigenvalue weighted by Gasteiger charge is -2.19. The number of hydrazine groups is 2. The molecule has 3 heterocycles. The molecule has 4 N–H and O–H groups in total. The number of hydrogen-bond donors (Lipinski definition) is 4. The number of nitrogens with zero attached hydrogens (tertiary/aromatic N) is 3. The highest BCUT2D eigenvalue weighted by molar-refractivity contribution is 8.00. The van der Waals surface area contributed by atoms with Crippen molar-refractivity contribution in [3.63, 3.8) is 0 Å². The smallest absolute Gasteiger partial charge is 0.290 e. The molecule has 32 heavy (non-hydrogen) atoms. The number of thioether (sulfide) groups is 1. The average molecular weight is 482 g/mol. The molecule has 0 radical (unpaired) electrons. The molecular weight excluding hydrogens is 450 g/mol. The molecule has 2 aliphatic heterocycles. The minimum Gasteiger partial charge on any atom is -0.290 e. The zero-order valence-electron chi connectivity index (χ0n) is 18.8. The van der Waals surface area contributed by atoms with Crippen molar-refractivity contribution in [2.75, 3.05) is 7.05 Å². The molecule has 1 saturated carbocycles. The van der Waals surface area contributed by atoms with Crippen molar-refractivity contribution < 1.29 is 8.42 Å². The summed E-state index contributed by atoms with van der Waals surface area (Å²) >= 11 is 1.58. The molecule has 3 fully saturated rings. The predicted molar refractivity (Wildman–Crippen MR) is 125 cm³/mol. The highest BCUT2D eigenvalue weighted by atomic mass is 32.2. The maximum absolute atomic E-state index is 13.6. The van der Waals surface area contributed by atoms with Crippen LogP contribution in [0.3, 0.4) is 0 Å². The van der Waals surface area contributed by atoms with Gasteiger partial charge in [-0.05, 0) is 58.2 Å². The SMILES string of the molecule is CC1CC(Cn2c(=O)n(C3NNC(C)S3)c3cc(S(=O)(=O)NC4(C)CC4)ccc32)N(C)N1. The van der Waals surface area contributed by atoms with Crippen LogP contribution in [-0.2, 0) is 16.6 Å². The van der Waals surface area contributed by atoms with Crippen LogP contribution in [0.25, 0.3) is 11.0 Å². The standard InChI is InChI=1S/C20H31N7O3S2/c1-12-9-14(25(4)23-12)11-26-16-6-5-15(32(29,30)24-20(3)7-8-20)10-17(16)27(19(26)28)18-22-21-13(2)31-18/h5-6,10,12-14,18,21-24H,7-9,11H2,1-4H3. The van der Waals surface area contributed by atoms with Crippen LogP contribution in [-0.4, -0.2) is 52.6 Å². The van der Waals surface area contributed by atoms with E-state index in [9.17, 15) is 13.2 Å². The number of hydrogen-bond acceptors (Lipinski definition) is 8. The van der Waals surface area contributed by atoms with Crippen LogP contribution < -0.4 is 26.7 Å². The first-order chi connectivity index (χ1) is 15.1. The Labute approximate surface area is 192 Å². The van der Waals surface area contributed by atoms with E-state index in [0.29, 0.717) is 18.1 Å². The van der Waals surface area contributed by atoms with E-state index in [4.69, 9.17) is 0 Å². The van der Waals surface area contributed by atoms with Gasteiger partial charge in [-0.2, -0.15) is 0 Å². The maximum Gasteiger partial charge on any atom is 0.331 e. The Kier molecular flexibility index (Phi) is 5.48. The van der Waals surface area contributed by atoms with Crippen molar-refractivity contribution in [2.24, 2.45) is 0 Å². The highest BCUT2D eigenvalue weighted by Crippen LogP contribution is 2.36. The fraction of sp³-hybridized carbons (Fsp3) is 0.650. The largest absolute Gasteiger partial charge is 0.331 e. The first-order valence-electron chi connectivity index (χ1n) is 11.0. The number of likely N-dealkylation sites (N-methyl/N-ethyl adjacent to an activating group) is 1. The Bertz CT molecular complexity index is 1200. The number of nitrogens with one attached hydrogen (secondary N) is 4. The second kappa shape index (κ2) is 7.83. The second-order valence-electron chi connectivity index (χ2n) is 9.53. The summed E-state index contributed by atoms with van der Waals surface area (Å²) in [6.07, 6.45) is 2.60. The van der Waals surface area contributed by atoms with Gasteiger partial charge in [-0.25, -0.2) is 33.8 Å². The Balaban J connectivity index is 1.60. The summed E-state index contributed by atoms with van der Waals surface area (Å²) in [6, 6.07) is 5.51. The minimum atomic E-state index is -3.68. The molecule has 176 valence electrons. The molecule has 10 nitrogen and oxygen atoms in total. The van der Waals surface area contributed by atoms with Gasteiger partial charge in [0.1, 0.15) is 0 Å². The molecule has 12 heteroatoms. The lowest BCUT2D eigenvalue weighted by molar-refractivity contribution is 0.211. The fourth-order valence-electron chi connectivity index (χ4n) is 4.56.